The van der Waals surface area contributed by atoms with Gasteiger partial charge in [-0.1, -0.05) is 59.8 Å². The van der Waals surface area contributed by atoms with Gasteiger partial charge in [-0.25, -0.2) is 0 Å². The molecule has 0 bridgehead atoms. The second-order valence-electron chi connectivity index (χ2n) is 3.59. The van der Waals surface area contributed by atoms with Gasteiger partial charge in [0, 0.05) is 0 Å². The van der Waals surface area contributed by atoms with Gasteiger partial charge in [-0.05, 0) is 11.8 Å². The molecule has 2 atom stereocenters. The lowest BCUT2D eigenvalue weighted by Gasteiger charge is -2.14. The van der Waals surface area contributed by atoms with Crippen molar-refractivity contribution in [1.82, 2.24) is 0 Å². The van der Waals surface area contributed by atoms with Crippen LogP contribution in [0.1, 0.15) is 59.8 Å². The first-order valence-electron chi connectivity index (χ1n) is 5.30. The Hall–Kier alpha value is 0. The maximum Gasteiger partial charge on any atom is -0.0417 e. The molecule has 1 aliphatic rings. The fourth-order valence-electron chi connectivity index (χ4n) is 1.68. The van der Waals surface area contributed by atoms with E-state index in [9.17, 15) is 0 Å². The summed E-state index contributed by atoms with van der Waals surface area (Å²) in [6.45, 7) is 8.80. The molecule has 1 rings (SSSR count). The topological polar surface area (TPSA) is 0 Å². The third-order valence-electron chi connectivity index (χ3n) is 2.79. The van der Waals surface area contributed by atoms with Crippen LogP contribution in [0.3, 0.4) is 0 Å². The molecular formula is C11H24. The fraction of sp³-hybridized carbons (Fsp3) is 1.00. The Morgan fingerprint density at radius 3 is 1.45 bits per heavy atom. The van der Waals surface area contributed by atoms with Crippen molar-refractivity contribution in [2.45, 2.75) is 59.8 Å². The lowest BCUT2D eigenvalue weighted by atomic mass is 9.92. The van der Waals surface area contributed by atoms with E-state index in [1.807, 2.05) is 13.8 Å². The van der Waals surface area contributed by atoms with Gasteiger partial charge in [0.1, 0.15) is 0 Å². The molecule has 0 spiro atoms. The lowest BCUT2D eigenvalue weighted by Crippen LogP contribution is -2.04. The molecule has 0 aromatic rings. The van der Waals surface area contributed by atoms with E-state index in [0.29, 0.717) is 0 Å². The minimum absolute atomic E-state index is 0.993. The highest BCUT2D eigenvalue weighted by molar-refractivity contribution is 4.66. The zero-order valence-corrected chi connectivity index (χ0v) is 8.69. The summed E-state index contributed by atoms with van der Waals surface area (Å²) >= 11 is 0. The van der Waals surface area contributed by atoms with Gasteiger partial charge in [0.25, 0.3) is 0 Å². The van der Waals surface area contributed by atoms with Crippen molar-refractivity contribution in [3.63, 3.8) is 0 Å². The van der Waals surface area contributed by atoms with Crippen molar-refractivity contribution >= 4 is 0 Å². The molecule has 1 saturated carbocycles. The first-order chi connectivity index (χ1) is 5.30. The van der Waals surface area contributed by atoms with E-state index in [4.69, 9.17) is 0 Å². The number of rotatable bonds is 0. The van der Waals surface area contributed by atoms with Crippen LogP contribution in [-0.2, 0) is 0 Å². The highest BCUT2D eigenvalue weighted by Gasteiger charge is 2.14. The van der Waals surface area contributed by atoms with Gasteiger partial charge in [-0.2, -0.15) is 0 Å². The van der Waals surface area contributed by atoms with Crippen LogP contribution in [0.25, 0.3) is 0 Å². The van der Waals surface area contributed by atoms with Gasteiger partial charge in [0.2, 0.25) is 0 Å². The van der Waals surface area contributed by atoms with Crippen LogP contribution >= 0.6 is 0 Å². The molecule has 0 nitrogen and oxygen atoms in total. The average Bonchev–Trinajstić information content (AvgIpc) is 2.22. The highest BCUT2D eigenvalue weighted by atomic mass is 14.2. The highest BCUT2D eigenvalue weighted by Crippen LogP contribution is 2.27. The van der Waals surface area contributed by atoms with Crippen molar-refractivity contribution in [1.29, 1.82) is 0 Å². The van der Waals surface area contributed by atoms with E-state index in [1.165, 1.54) is 32.1 Å². The molecule has 0 radical (unpaired) electrons. The summed E-state index contributed by atoms with van der Waals surface area (Å²) in [6.07, 6.45) is 7.38. The summed E-state index contributed by atoms with van der Waals surface area (Å²) < 4.78 is 0. The van der Waals surface area contributed by atoms with Gasteiger partial charge in [0.05, 0.1) is 0 Å². The minimum Gasteiger partial charge on any atom is -0.0683 e. The summed E-state index contributed by atoms with van der Waals surface area (Å²) in [7, 11) is 0. The van der Waals surface area contributed by atoms with Crippen molar-refractivity contribution in [3.8, 4) is 0 Å². The van der Waals surface area contributed by atoms with Gasteiger partial charge < -0.3 is 0 Å². The Morgan fingerprint density at radius 1 is 0.727 bits per heavy atom. The second-order valence-corrected chi connectivity index (χ2v) is 3.59. The standard InChI is InChI=1S/C9H18.C2H6/c1-8-6-4-3-5-7-9(8)2;1-2/h8-9H,3-7H2,1-2H3;1-2H3/t8-,9-;/m0./s1. The van der Waals surface area contributed by atoms with Crippen LogP contribution in [0.4, 0.5) is 0 Å². The number of hydrogen-bond acceptors (Lipinski definition) is 0. The van der Waals surface area contributed by atoms with Crippen molar-refractivity contribution < 1.29 is 0 Å². The normalized spacial score (nSPS) is 31.6. The Morgan fingerprint density at radius 2 is 1.09 bits per heavy atom. The maximum atomic E-state index is 2.40. The molecule has 0 heterocycles. The van der Waals surface area contributed by atoms with Crippen LogP contribution in [0, 0.1) is 11.8 Å². The predicted molar refractivity (Wildman–Crippen MR) is 52.8 cm³/mol. The molecule has 0 heteroatoms. The van der Waals surface area contributed by atoms with Gasteiger partial charge in [-0.3, -0.25) is 0 Å². The van der Waals surface area contributed by atoms with E-state index in [-0.39, 0.29) is 0 Å². The predicted octanol–water partition coefficient (Wildman–Crippen LogP) is 4.25. The molecule has 1 fully saturated rings. The zero-order chi connectivity index (χ0) is 8.69. The minimum atomic E-state index is 0.993. The molecule has 0 N–H and O–H groups in total. The van der Waals surface area contributed by atoms with Gasteiger partial charge in [0.15, 0.2) is 0 Å². The summed E-state index contributed by atoms with van der Waals surface area (Å²) in [5.41, 5.74) is 0. The third kappa shape index (κ3) is 4.44. The third-order valence-corrected chi connectivity index (χ3v) is 2.79. The van der Waals surface area contributed by atoms with Crippen LogP contribution in [0.5, 0.6) is 0 Å². The second kappa shape index (κ2) is 6.69. The molecule has 0 aliphatic heterocycles. The average molecular weight is 156 g/mol. The van der Waals surface area contributed by atoms with Crippen LogP contribution in [0.2, 0.25) is 0 Å². The molecule has 11 heavy (non-hydrogen) atoms. The summed E-state index contributed by atoms with van der Waals surface area (Å²) in [5.74, 6) is 1.99. The smallest absolute Gasteiger partial charge is 0.0417 e. The molecule has 68 valence electrons. The van der Waals surface area contributed by atoms with Crippen molar-refractivity contribution in [2.75, 3.05) is 0 Å². The SMILES string of the molecule is CC.C[C@H]1CCCCC[C@@H]1C. The molecule has 0 unspecified atom stereocenters. The molecule has 0 aromatic heterocycles. The molecule has 0 amide bonds. The Kier molecular flexibility index (Phi) is 6.69. The van der Waals surface area contributed by atoms with E-state index in [1.54, 1.807) is 0 Å². The monoisotopic (exact) mass is 156 g/mol. The van der Waals surface area contributed by atoms with Gasteiger partial charge >= 0.3 is 0 Å². The van der Waals surface area contributed by atoms with Crippen LogP contribution < -0.4 is 0 Å². The lowest BCUT2D eigenvalue weighted by molar-refractivity contribution is 0.367. The quantitative estimate of drug-likeness (QED) is 0.460. The van der Waals surface area contributed by atoms with Crippen LogP contribution in [0.15, 0.2) is 0 Å². The molecule has 0 saturated heterocycles. The van der Waals surface area contributed by atoms with Crippen molar-refractivity contribution in [2.24, 2.45) is 11.8 Å². The summed E-state index contributed by atoms with van der Waals surface area (Å²) in [4.78, 5) is 0. The Bertz CT molecular complexity index is 66.1. The summed E-state index contributed by atoms with van der Waals surface area (Å²) in [6, 6.07) is 0. The largest absolute Gasteiger partial charge is 0.0683 e. The van der Waals surface area contributed by atoms with E-state index in [0.717, 1.165) is 11.8 Å². The van der Waals surface area contributed by atoms with E-state index >= 15 is 0 Å². The molecule has 0 aromatic carbocycles. The molecule has 1 aliphatic carbocycles. The van der Waals surface area contributed by atoms with Crippen molar-refractivity contribution in [3.05, 3.63) is 0 Å². The Labute approximate surface area is 72.4 Å². The number of hydrogen-bond donors (Lipinski definition) is 0. The molecular weight excluding hydrogens is 132 g/mol. The Balaban J connectivity index is 0.000000461. The van der Waals surface area contributed by atoms with E-state index in [2.05, 4.69) is 13.8 Å². The first-order valence-corrected chi connectivity index (χ1v) is 5.30. The van der Waals surface area contributed by atoms with E-state index < -0.39 is 0 Å². The zero-order valence-electron chi connectivity index (χ0n) is 8.69. The fourth-order valence-corrected chi connectivity index (χ4v) is 1.68. The van der Waals surface area contributed by atoms with Crippen LogP contribution in [-0.4, -0.2) is 0 Å². The summed E-state index contributed by atoms with van der Waals surface area (Å²) in [5, 5.41) is 0. The maximum absolute atomic E-state index is 2.40. The van der Waals surface area contributed by atoms with Gasteiger partial charge in [-0.15, -0.1) is 0 Å². The first kappa shape index (κ1) is 11.0.